The minimum Gasteiger partial charge on any atom is -0.232 e. The van der Waals surface area contributed by atoms with E-state index in [4.69, 9.17) is 11.6 Å². The molecule has 0 aliphatic heterocycles. The summed E-state index contributed by atoms with van der Waals surface area (Å²) in [6.07, 6.45) is -4.60. The summed E-state index contributed by atoms with van der Waals surface area (Å²) in [6, 6.07) is 4.78. The zero-order valence-corrected chi connectivity index (χ0v) is 9.91. The van der Waals surface area contributed by atoms with Gasteiger partial charge in [0.05, 0.1) is 5.69 Å². The number of benzene rings is 1. The van der Waals surface area contributed by atoms with E-state index in [1.807, 2.05) is 0 Å². The minimum atomic E-state index is -4.60. The van der Waals surface area contributed by atoms with Crippen molar-refractivity contribution in [2.75, 3.05) is 0 Å². The molecule has 0 bridgehead atoms. The first-order chi connectivity index (χ1) is 6.82. The van der Waals surface area contributed by atoms with Crippen LogP contribution in [-0.2, 0) is 0 Å². The van der Waals surface area contributed by atoms with Gasteiger partial charge in [-0.1, -0.05) is 33.6 Å². The highest BCUT2D eigenvalue weighted by Gasteiger charge is 2.34. The van der Waals surface area contributed by atoms with E-state index in [1.54, 1.807) is 19.1 Å². The van der Waals surface area contributed by atoms with E-state index in [2.05, 4.69) is 20.9 Å². The second-order valence-electron chi connectivity index (χ2n) is 2.78. The molecule has 0 aromatic heterocycles. The second kappa shape index (κ2) is 4.53. The van der Waals surface area contributed by atoms with Crippen LogP contribution in [0.25, 0.3) is 0 Å². The molecular formula is C9H6BrClF3N. The predicted molar refractivity (Wildman–Crippen MR) is 57.9 cm³/mol. The molecule has 0 unspecified atom stereocenters. The Morgan fingerprint density at radius 2 is 2.00 bits per heavy atom. The van der Waals surface area contributed by atoms with Crippen molar-refractivity contribution in [1.29, 1.82) is 0 Å². The fraction of sp³-hybridized carbons (Fsp3) is 0.222. The Morgan fingerprint density at radius 1 is 1.40 bits per heavy atom. The standard InChI is InChI=1S/C9H6BrClF3N/c1-5-6(10)3-2-4-7(5)15-8(11)9(12,13)14/h2-4H,1H3. The summed E-state index contributed by atoms with van der Waals surface area (Å²) in [5.74, 6) is 0. The first-order valence-electron chi connectivity index (χ1n) is 3.89. The van der Waals surface area contributed by atoms with Crippen LogP contribution >= 0.6 is 27.5 Å². The number of nitrogens with zero attached hydrogens (tertiary/aromatic N) is 1. The van der Waals surface area contributed by atoms with E-state index in [1.165, 1.54) is 6.07 Å². The molecule has 0 radical (unpaired) electrons. The third-order valence-electron chi connectivity index (χ3n) is 1.69. The van der Waals surface area contributed by atoms with Gasteiger partial charge in [0.25, 0.3) is 0 Å². The van der Waals surface area contributed by atoms with Crippen LogP contribution < -0.4 is 0 Å². The third-order valence-corrected chi connectivity index (χ3v) is 2.85. The molecular weight excluding hydrogens is 294 g/mol. The van der Waals surface area contributed by atoms with E-state index < -0.39 is 11.3 Å². The number of aliphatic imine (C=N–C) groups is 1. The molecule has 0 saturated carbocycles. The van der Waals surface area contributed by atoms with Gasteiger partial charge >= 0.3 is 6.18 Å². The first-order valence-corrected chi connectivity index (χ1v) is 5.06. The first kappa shape index (κ1) is 12.5. The average molecular weight is 301 g/mol. The van der Waals surface area contributed by atoms with Crippen LogP contribution in [0.2, 0.25) is 0 Å². The van der Waals surface area contributed by atoms with Crippen molar-refractivity contribution in [3.8, 4) is 0 Å². The molecule has 1 rings (SSSR count). The summed E-state index contributed by atoms with van der Waals surface area (Å²) in [5.41, 5.74) is 0.812. The van der Waals surface area contributed by atoms with E-state index in [0.717, 1.165) is 0 Å². The number of hydrogen-bond donors (Lipinski definition) is 0. The molecule has 15 heavy (non-hydrogen) atoms. The lowest BCUT2D eigenvalue weighted by atomic mass is 10.2. The molecule has 0 aliphatic rings. The molecule has 0 spiro atoms. The highest BCUT2D eigenvalue weighted by molar-refractivity contribution is 9.10. The van der Waals surface area contributed by atoms with Crippen molar-refractivity contribution in [1.82, 2.24) is 0 Å². The Labute approximate surface area is 98.1 Å². The van der Waals surface area contributed by atoms with Crippen molar-refractivity contribution in [3.63, 3.8) is 0 Å². The predicted octanol–water partition coefficient (Wildman–Crippen LogP) is 4.59. The van der Waals surface area contributed by atoms with Crippen molar-refractivity contribution in [2.45, 2.75) is 13.1 Å². The van der Waals surface area contributed by atoms with Crippen LogP contribution in [-0.4, -0.2) is 11.3 Å². The normalized spacial score (nSPS) is 13.1. The molecule has 6 heteroatoms. The summed E-state index contributed by atoms with van der Waals surface area (Å²) in [4.78, 5) is 3.32. The molecule has 1 nitrogen and oxygen atoms in total. The van der Waals surface area contributed by atoms with Crippen molar-refractivity contribution >= 4 is 38.4 Å². The number of halogens is 5. The quantitative estimate of drug-likeness (QED) is 0.673. The molecule has 1 aromatic carbocycles. The molecule has 0 aliphatic carbocycles. The SMILES string of the molecule is Cc1c(Br)cccc1N=C(Cl)C(F)(F)F. The second-order valence-corrected chi connectivity index (χ2v) is 4.00. The lowest BCUT2D eigenvalue weighted by Gasteiger charge is -2.05. The Balaban J connectivity index is 3.15. The van der Waals surface area contributed by atoms with Gasteiger partial charge in [0.2, 0.25) is 5.17 Å². The van der Waals surface area contributed by atoms with E-state index in [0.29, 0.717) is 10.0 Å². The highest BCUT2D eigenvalue weighted by Crippen LogP contribution is 2.29. The number of alkyl halides is 3. The maximum atomic E-state index is 12.1. The lowest BCUT2D eigenvalue weighted by molar-refractivity contribution is -0.0558. The Bertz CT molecular complexity index is 401. The molecule has 0 saturated heterocycles. The van der Waals surface area contributed by atoms with Crippen LogP contribution in [0.5, 0.6) is 0 Å². The highest BCUT2D eigenvalue weighted by atomic mass is 79.9. The summed E-state index contributed by atoms with van der Waals surface area (Å²) in [7, 11) is 0. The lowest BCUT2D eigenvalue weighted by Crippen LogP contribution is -2.16. The van der Waals surface area contributed by atoms with Gasteiger partial charge in [-0.2, -0.15) is 13.2 Å². The van der Waals surface area contributed by atoms with Gasteiger partial charge in [-0.3, -0.25) is 0 Å². The summed E-state index contributed by atoms with van der Waals surface area (Å²) in [5, 5.41) is -1.37. The molecule has 1 aromatic rings. The summed E-state index contributed by atoms with van der Waals surface area (Å²) in [6.45, 7) is 1.66. The molecule has 0 N–H and O–H groups in total. The Kier molecular flexibility index (Phi) is 3.78. The van der Waals surface area contributed by atoms with Gasteiger partial charge in [0.1, 0.15) is 0 Å². The van der Waals surface area contributed by atoms with E-state index in [9.17, 15) is 13.2 Å². The Morgan fingerprint density at radius 3 is 2.53 bits per heavy atom. The van der Waals surface area contributed by atoms with Crippen molar-refractivity contribution in [2.24, 2.45) is 4.99 Å². The molecule has 82 valence electrons. The zero-order chi connectivity index (χ0) is 11.6. The van der Waals surface area contributed by atoms with Gasteiger partial charge in [-0.15, -0.1) is 0 Å². The van der Waals surface area contributed by atoms with Gasteiger partial charge < -0.3 is 0 Å². The monoisotopic (exact) mass is 299 g/mol. The van der Waals surface area contributed by atoms with E-state index in [-0.39, 0.29) is 5.69 Å². The number of rotatable bonds is 1. The van der Waals surface area contributed by atoms with Gasteiger partial charge in [0.15, 0.2) is 0 Å². The molecule has 0 amide bonds. The molecule has 0 heterocycles. The number of hydrogen-bond acceptors (Lipinski definition) is 1. The van der Waals surface area contributed by atoms with Crippen LogP contribution in [0.1, 0.15) is 5.56 Å². The Hall–Kier alpha value is -0.550. The van der Waals surface area contributed by atoms with Crippen molar-refractivity contribution < 1.29 is 13.2 Å². The smallest absolute Gasteiger partial charge is 0.232 e. The average Bonchev–Trinajstić information content (AvgIpc) is 2.11. The minimum absolute atomic E-state index is 0.201. The van der Waals surface area contributed by atoms with Crippen LogP contribution in [0.15, 0.2) is 27.7 Å². The van der Waals surface area contributed by atoms with Gasteiger partial charge in [-0.05, 0) is 24.6 Å². The van der Waals surface area contributed by atoms with E-state index >= 15 is 0 Å². The van der Waals surface area contributed by atoms with Gasteiger partial charge in [-0.25, -0.2) is 4.99 Å². The third kappa shape index (κ3) is 3.21. The summed E-state index contributed by atoms with van der Waals surface area (Å²) < 4.78 is 37.0. The fourth-order valence-corrected chi connectivity index (χ4v) is 1.33. The maximum absolute atomic E-state index is 12.1. The zero-order valence-electron chi connectivity index (χ0n) is 7.57. The van der Waals surface area contributed by atoms with Gasteiger partial charge in [0, 0.05) is 4.47 Å². The molecule has 0 fully saturated rings. The topological polar surface area (TPSA) is 12.4 Å². The van der Waals surface area contributed by atoms with Crippen molar-refractivity contribution in [3.05, 3.63) is 28.2 Å². The summed E-state index contributed by atoms with van der Waals surface area (Å²) >= 11 is 8.22. The maximum Gasteiger partial charge on any atom is 0.444 e. The fourth-order valence-electron chi connectivity index (χ4n) is 0.886. The molecule has 0 atom stereocenters. The van der Waals surface area contributed by atoms with Crippen LogP contribution in [0, 0.1) is 6.92 Å². The van der Waals surface area contributed by atoms with Crippen LogP contribution in [0.3, 0.4) is 0 Å². The largest absolute Gasteiger partial charge is 0.444 e. The van der Waals surface area contributed by atoms with Crippen LogP contribution in [0.4, 0.5) is 18.9 Å².